The second-order valence-electron chi connectivity index (χ2n) is 19.0. The maximum Gasteiger partial charge on any atom is 0.252 e. The van der Waals surface area contributed by atoms with E-state index in [4.69, 9.17) is 0 Å². The van der Waals surface area contributed by atoms with E-state index in [0.29, 0.717) is 0 Å². The van der Waals surface area contributed by atoms with Crippen LogP contribution in [-0.2, 0) is 10.8 Å². The molecule has 0 saturated heterocycles. The molecule has 6 aromatic rings. The first-order valence-electron chi connectivity index (χ1n) is 21.8. The van der Waals surface area contributed by atoms with Crippen molar-refractivity contribution in [3.63, 3.8) is 0 Å². The number of allylic oxidation sites excluding steroid dienone is 3. The molecule has 2 aliphatic heterocycles. The van der Waals surface area contributed by atoms with Gasteiger partial charge in [0.15, 0.2) is 0 Å². The van der Waals surface area contributed by atoms with Gasteiger partial charge in [0, 0.05) is 39.8 Å². The highest BCUT2D eigenvalue weighted by Gasteiger charge is 2.47. The van der Waals surface area contributed by atoms with E-state index >= 15 is 0 Å². The Hall–Kier alpha value is -5.74. The summed E-state index contributed by atoms with van der Waals surface area (Å²) in [6.07, 6.45) is 11.5. The Morgan fingerprint density at radius 1 is 0.525 bits per heavy atom. The molecule has 0 radical (unpaired) electrons. The fourth-order valence-corrected chi connectivity index (χ4v) is 10.9. The molecular formula is C55H56BN3. The fraction of sp³-hybridized carbons (Fsp3) is 0.273. The predicted molar refractivity (Wildman–Crippen MR) is 254 cm³/mol. The molecule has 0 N–H and O–H groups in total. The number of nitrogens with zero attached hydrogens (tertiary/aromatic N) is 3. The van der Waals surface area contributed by atoms with E-state index in [0.717, 1.165) is 12.8 Å². The number of hydrogen-bond donors (Lipinski definition) is 0. The van der Waals surface area contributed by atoms with Crippen molar-refractivity contribution in [2.75, 3.05) is 14.7 Å². The van der Waals surface area contributed by atoms with Crippen LogP contribution in [-0.4, -0.2) is 6.71 Å². The summed E-state index contributed by atoms with van der Waals surface area (Å²) in [5, 5.41) is 0. The topological polar surface area (TPSA) is 9.72 Å². The molecule has 2 heterocycles. The van der Waals surface area contributed by atoms with Gasteiger partial charge in [-0.3, -0.25) is 0 Å². The first-order valence-corrected chi connectivity index (χ1v) is 21.8. The lowest BCUT2D eigenvalue weighted by atomic mass is 9.33. The Kier molecular flexibility index (Phi) is 8.69. The van der Waals surface area contributed by atoms with Gasteiger partial charge in [-0.25, -0.2) is 0 Å². The Bertz CT molecular complexity index is 2710. The summed E-state index contributed by atoms with van der Waals surface area (Å²) < 4.78 is 0. The van der Waals surface area contributed by atoms with E-state index in [2.05, 4.69) is 204 Å². The van der Waals surface area contributed by atoms with Crippen molar-refractivity contribution in [2.24, 2.45) is 0 Å². The number of para-hydroxylation sites is 3. The molecule has 3 nitrogen and oxygen atoms in total. The van der Waals surface area contributed by atoms with Crippen molar-refractivity contribution in [2.45, 2.75) is 98.8 Å². The second-order valence-corrected chi connectivity index (χ2v) is 19.0. The predicted octanol–water partition coefficient (Wildman–Crippen LogP) is 13.0. The molecule has 0 saturated carbocycles. The number of hydrogen-bond acceptors (Lipinski definition) is 3. The normalized spacial score (nSPS) is 16.8. The molecule has 0 atom stereocenters. The quantitative estimate of drug-likeness (QED) is 0.161. The molecule has 59 heavy (non-hydrogen) atoms. The van der Waals surface area contributed by atoms with Crippen LogP contribution in [0.1, 0.15) is 92.3 Å². The molecule has 0 aromatic heterocycles. The Balaban J connectivity index is 1.33. The summed E-state index contributed by atoms with van der Waals surface area (Å²) in [5.41, 5.74) is 24.9. The van der Waals surface area contributed by atoms with Gasteiger partial charge in [0.25, 0.3) is 6.71 Å². The second kappa shape index (κ2) is 13.7. The monoisotopic (exact) mass is 769 g/mol. The molecule has 0 fully saturated rings. The smallest absolute Gasteiger partial charge is 0.252 e. The lowest BCUT2D eigenvalue weighted by Gasteiger charge is -2.48. The van der Waals surface area contributed by atoms with Gasteiger partial charge in [0.2, 0.25) is 0 Å². The van der Waals surface area contributed by atoms with Crippen LogP contribution in [0.5, 0.6) is 0 Å². The molecular weight excluding hydrogens is 713 g/mol. The third kappa shape index (κ3) is 5.85. The zero-order valence-electron chi connectivity index (χ0n) is 36.4. The highest BCUT2D eigenvalue weighted by Crippen LogP contribution is 2.52. The number of rotatable bonds is 5. The molecule has 0 amide bonds. The fourth-order valence-electron chi connectivity index (χ4n) is 10.9. The third-order valence-electron chi connectivity index (χ3n) is 14.0. The van der Waals surface area contributed by atoms with Crippen LogP contribution < -0.4 is 31.1 Å². The highest BCUT2D eigenvalue weighted by molar-refractivity contribution is 7.00. The number of aryl methyl sites for hydroxylation is 5. The molecule has 0 unspecified atom stereocenters. The Morgan fingerprint density at radius 3 is 1.64 bits per heavy atom. The van der Waals surface area contributed by atoms with Crippen molar-refractivity contribution in [1.82, 2.24) is 0 Å². The lowest BCUT2D eigenvalue weighted by Crippen LogP contribution is -2.62. The van der Waals surface area contributed by atoms with Crippen LogP contribution in [0.2, 0.25) is 0 Å². The zero-order chi connectivity index (χ0) is 41.0. The van der Waals surface area contributed by atoms with Gasteiger partial charge in [-0.1, -0.05) is 107 Å². The van der Waals surface area contributed by atoms with E-state index in [-0.39, 0.29) is 17.5 Å². The average molecular weight is 770 g/mol. The van der Waals surface area contributed by atoms with E-state index < -0.39 is 0 Å². The zero-order valence-corrected chi connectivity index (χ0v) is 36.4. The molecule has 0 spiro atoms. The minimum absolute atomic E-state index is 0.0471. The SMILES string of the molecule is Cc1cc2c3c(c1)N(c1c(C)cccc1C)c1cc4c(cc1B3c1ccc(N(C3=CCCC=C3)c3ccccc3)cc1N2c1c(C)cccc1C)C(C)(C)CCC4(C)C. The van der Waals surface area contributed by atoms with Gasteiger partial charge in [-0.15, -0.1) is 0 Å². The minimum Gasteiger partial charge on any atom is -0.311 e. The van der Waals surface area contributed by atoms with Crippen molar-refractivity contribution < 1.29 is 0 Å². The highest BCUT2D eigenvalue weighted by atomic mass is 15.2. The summed E-state index contributed by atoms with van der Waals surface area (Å²) in [7, 11) is 0. The van der Waals surface area contributed by atoms with Crippen molar-refractivity contribution in [3.8, 4) is 0 Å². The molecule has 0 bridgehead atoms. The Labute approximate surface area is 352 Å². The molecule has 6 aromatic carbocycles. The molecule has 294 valence electrons. The molecule has 2 aliphatic carbocycles. The van der Waals surface area contributed by atoms with Crippen molar-refractivity contribution in [1.29, 1.82) is 0 Å². The molecule has 10 rings (SSSR count). The summed E-state index contributed by atoms with van der Waals surface area (Å²) in [6.45, 7) is 21.3. The van der Waals surface area contributed by atoms with Crippen molar-refractivity contribution >= 4 is 68.6 Å². The number of anilines is 8. The Morgan fingerprint density at radius 2 is 1.08 bits per heavy atom. The standard InChI is InChI=1S/C55H56BN3/c1-35-30-49-51-50(31-35)59(53-38(4)20-17-21-39(53)5)48-34-44-43(54(6,7)28-29-55(44,8)9)33-46(48)56(51)45-27-26-42(32-47(45)58(49)52-36(2)18-16-19-37(52)3)57(40-22-12-10-13-23-40)41-24-14-11-15-25-41/h10,12-14,16-27,30-34H,11,15,28-29H2,1-9H3. The van der Waals surface area contributed by atoms with Crippen LogP contribution in [0.4, 0.5) is 45.5 Å². The van der Waals surface area contributed by atoms with Gasteiger partial charge in [-0.05, 0) is 175 Å². The summed E-state index contributed by atoms with van der Waals surface area (Å²) in [4.78, 5) is 7.73. The average Bonchev–Trinajstić information content (AvgIpc) is 3.21. The number of fused-ring (bicyclic) bond motifs is 5. The first-order chi connectivity index (χ1) is 28.3. The maximum absolute atomic E-state index is 2.66. The molecule has 4 aliphatic rings. The van der Waals surface area contributed by atoms with E-state index in [1.807, 2.05) is 0 Å². The van der Waals surface area contributed by atoms with E-state index in [1.54, 1.807) is 0 Å². The maximum atomic E-state index is 2.66. The lowest BCUT2D eigenvalue weighted by molar-refractivity contribution is 0.332. The van der Waals surface area contributed by atoms with Crippen LogP contribution in [0.3, 0.4) is 0 Å². The molecule has 4 heteroatoms. The summed E-state index contributed by atoms with van der Waals surface area (Å²) in [5.74, 6) is 0. The first kappa shape index (κ1) is 37.5. The van der Waals surface area contributed by atoms with Crippen LogP contribution in [0.25, 0.3) is 0 Å². The van der Waals surface area contributed by atoms with E-state index in [9.17, 15) is 0 Å². The number of benzene rings is 6. The van der Waals surface area contributed by atoms with Gasteiger partial charge in [-0.2, -0.15) is 0 Å². The van der Waals surface area contributed by atoms with Gasteiger partial charge in [0.1, 0.15) is 0 Å². The van der Waals surface area contributed by atoms with Gasteiger partial charge >= 0.3 is 0 Å². The minimum atomic E-state index is 0.0471. The van der Waals surface area contributed by atoms with Crippen LogP contribution >= 0.6 is 0 Å². The van der Waals surface area contributed by atoms with Crippen molar-refractivity contribution in [3.05, 3.63) is 172 Å². The van der Waals surface area contributed by atoms with Gasteiger partial charge in [0.05, 0.1) is 11.4 Å². The largest absolute Gasteiger partial charge is 0.311 e. The van der Waals surface area contributed by atoms with Crippen LogP contribution in [0.15, 0.2) is 133 Å². The summed E-state index contributed by atoms with van der Waals surface area (Å²) >= 11 is 0. The van der Waals surface area contributed by atoms with Crippen LogP contribution in [0, 0.1) is 34.6 Å². The third-order valence-corrected chi connectivity index (χ3v) is 14.0. The van der Waals surface area contributed by atoms with E-state index in [1.165, 1.54) is 119 Å². The summed E-state index contributed by atoms with van der Waals surface area (Å²) in [6, 6.07) is 42.0. The van der Waals surface area contributed by atoms with Gasteiger partial charge < -0.3 is 14.7 Å².